The predicted octanol–water partition coefficient (Wildman–Crippen LogP) is 2.41. The van der Waals surface area contributed by atoms with Crippen LogP contribution in [0, 0.1) is 29.6 Å². The monoisotopic (exact) mass is 179 g/mol. The molecule has 5 atom stereocenters. The van der Waals surface area contributed by atoms with Crippen LogP contribution in [0.1, 0.15) is 38.5 Å². The molecule has 1 nitrogen and oxygen atoms in total. The molecule has 1 heteroatoms. The summed E-state index contributed by atoms with van der Waals surface area (Å²) in [5.41, 5.74) is 5.92. The van der Waals surface area contributed by atoms with Crippen molar-refractivity contribution in [3.63, 3.8) is 0 Å². The summed E-state index contributed by atoms with van der Waals surface area (Å²) < 4.78 is 0. The number of fused-ring (bicyclic) bond motifs is 2. The Morgan fingerprint density at radius 1 is 0.846 bits per heavy atom. The van der Waals surface area contributed by atoms with Crippen LogP contribution in [0.15, 0.2) is 0 Å². The Bertz CT molecular complexity index is 201. The molecule has 0 aromatic carbocycles. The van der Waals surface area contributed by atoms with E-state index in [0.29, 0.717) is 0 Å². The minimum atomic E-state index is 0.904. The molecule has 2 N–H and O–H groups in total. The molecule has 3 rings (SSSR count). The first-order valence-corrected chi connectivity index (χ1v) is 6.08. The molecule has 0 radical (unpaired) electrons. The molecular formula is C12H21N. The van der Waals surface area contributed by atoms with Gasteiger partial charge in [0.25, 0.3) is 0 Å². The fourth-order valence-corrected chi connectivity index (χ4v) is 4.56. The Balaban J connectivity index is 1.88. The van der Waals surface area contributed by atoms with Crippen molar-refractivity contribution in [1.82, 2.24) is 0 Å². The first kappa shape index (κ1) is 8.28. The van der Waals surface area contributed by atoms with Crippen LogP contribution in [0.2, 0.25) is 0 Å². The van der Waals surface area contributed by atoms with Crippen LogP contribution in [-0.4, -0.2) is 6.54 Å². The van der Waals surface area contributed by atoms with Gasteiger partial charge >= 0.3 is 0 Å². The van der Waals surface area contributed by atoms with Gasteiger partial charge in [-0.2, -0.15) is 0 Å². The van der Waals surface area contributed by atoms with Gasteiger partial charge in [0.2, 0.25) is 0 Å². The molecule has 3 aliphatic rings. The van der Waals surface area contributed by atoms with Gasteiger partial charge in [-0.15, -0.1) is 0 Å². The van der Waals surface area contributed by atoms with Gasteiger partial charge in [0.15, 0.2) is 0 Å². The zero-order valence-corrected chi connectivity index (χ0v) is 8.41. The standard InChI is InChI=1S/C12H21N/c13-7-12-9-3-1-2-8-4-11(12)6-10(8)5-9/h8-12H,1-7,13H2. The van der Waals surface area contributed by atoms with Crippen molar-refractivity contribution in [1.29, 1.82) is 0 Å². The highest BCUT2D eigenvalue weighted by atomic mass is 14.6. The molecular weight excluding hydrogens is 158 g/mol. The minimum absolute atomic E-state index is 0.904. The van der Waals surface area contributed by atoms with Crippen molar-refractivity contribution in [2.75, 3.05) is 6.54 Å². The summed E-state index contributed by atoms with van der Waals surface area (Å²) in [6.45, 7) is 0.967. The Morgan fingerprint density at radius 3 is 2.38 bits per heavy atom. The highest BCUT2D eigenvalue weighted by molar-refractivity contribution is 4.97. The van der Waals surface area contributed by atoms with Crippen LogP contribution in [0.4, 0.5) is 0 Å². The summed E-state index contributed by atoms with van der Waals surface area (Å²) in [6, 6.07) is 0. The van der Waals surface area contributed by atoms with Crippen molar-refractivity contribution < 1.29 is 0 Å². The highest BCUT2D eigenvalue weighted by Crippen LogP contribution is 2.55. The second kappa shape index (κ2) is 2.98. The number of hydrogen-bond acceptors (Lipinski definition) is 1. The van der Waals surface area contributed by atoms with Gasteiger partial charge in [0.05, 0.1) is 0 Å². The van der Waals surface area contributed by atoms with Crippen molar-refractivity contribution in [3.8, 4) is 0 Å². The molecule has 5 unspecified atom stereocenters. The van der Waals surface area contributed by atoms with Gasteiger partial charge in [0, 0.05) is 0 Å². The van der Waals surface area contributed by atoms with E-state index in [2.05, 4.69) is 0 Å². The predicted molar refractivity (Wildman–Crippen MR) is 54.2 cm³/mol. The molecule has 0 aromatic rings. The largest absolute Gasteiger partial charge is 0.330 e. The van der Waals surface area contributed by atoms with Gasteiger partial charge in [-0.05, 0) is 55.4 Å². The first-order valence-electron chi connectivity index (χ1n) is 6.08. The number of hydrogen-bond donors (Lipinski definition) is 1. The fraction of sp³-hybridized carbons (Fsp3) is 1.00. The lowest BCUT2D eigenvalue weighted by atomic mass is 9.71. The smallest absolute Gasteiger partial charge is 0.00436 e. The summed E-state index contributed by atoms with van der Waals surface area (Å²) in [5.74, 6) is 5.16. The quantitative estimate of drug-likeness (QED) is 0.657. The lowest BCUT2D eigenvalue weighted by Gasteiger charge is -2.35. The lowest BCUT2D eigenvalue weighted by Crippen LogP contribution is -2.33. The van der Waals surface area contributed by atoms with Crippen LogP contribution in [0.5, 0.6) is 0 Å². The Hall–Kier alpha value is -0.0400. The van der Waals surface area contributed by atoms with E-state index in [1.165, 1.54) is 38.5 Å². The van der Waals surface area contributed by atoms with E-state index in [1.54, 1.807) is 0 Å². The second-order valence-corrected chi connectivity index (χ2v) is 5.58. The van der Waals surface area contributed by atoms with Gasteiger partial charge in [-0.3, -0.25) is 0 Å². The van der Waals surface area contributed by atoms with Gasteiger partial charge in [0.1, 0.15) is 0 Å². The maximum atomic E-state index is 5.92. The molecule has 0 spiro atoms. The zero-order valence-electron chi connectivity index (χ0n) is 8.41. The molecule has 0 heterocycles. The van der Waals surface area contributed by atoms with Crippen molar-refractivity contribution in [3.05, 3.63) is 0 Å². The topological polar surface area (TPSA) is 26.0 Å². The summed E-state index contributed by atoms with van der Waals surface area (Å²) in [7, 11) is 0. The minimum Gasteiger partial charge on any atom is -0.330 e. The third kappa shape index (κ3) is 1.16. The van der Waals surface area contributed by atoms with E-state index in [1.807, 2.05) is 0 Å². The van der Waals surface area contributed by atoms with E-state index < -0.39 is 0 Å². The average molecular weight is 179 g/mol. The van der Waals surface area contributed by atoms with E-state index in [4.69, 9.17) is 5.73 Å². The van der Waals surface area contributed by atoms with E-state index in [9.17, 15) is 0 Å². The third-order valence-electron chi connectivity index (χ3n) is 5.12. The number of nitrogens with two attached hydrogens (primary N) is 1. The van der Waals surface area contributed by atoms with Gasteiger partial charge < -0.3 is 5.73 Å². The highest BCUT2D eigenvalue weighted by Gasteiger charge is 2.47. The molecule has 0 aliphatic heterocycles. The SMILES string of the molecule is NCC1C2CCCC3CC1CC3C2. The van der Waals surface area contributed by atoms with Crippen LogP contribution in [0.3, 0.4) is 0 Å². The molecule has 0 amide bonds. The van der Waals surface area contributed by atoms with E-state index in [-0.39, 0.29) is 0 Å². The first-order chi connectivity index (χ1) is 6.38. The Kier molecular flexibility index (Phi) is 1.90. The summed E-state index contributed by atoms with van der Waals surface area (Å²) in [4.78, 5) is 0. The lowest BCUT2D eigenvalue weighted by molar-refractivity contribution is 0.156. The van der Waals surface area contributed by atoms with Crippen LogP contribution < -0.4 is 5.73 Å². The van der Waals surface area contributed by atoms with Crippen molar-refractivity contribution >= 4 is 0 Å². The molecule has 0 aromatic heterocycles. The third-order valence-corrected chi connectivity index (χ3v) is 5.12. The zero-order chi connectivity index (χ0) is 8.84. The normalized spacial score (nSPS) is 53.8. The maximum Gasteiger partial charge on any atom is -0.00436 e. The number of rotatable bonds is 1. The van der Waals surface area contributed by atoms with Gasteiger partial charge in [-0.1, -0.05) is 19.3 Å². The Labute approximate surface area is 81.1 Å². The van der Waals surface area contributed by atoms with Crippen LogP contribution in [-0.2, 0) is 0 Å². The molecule has 0 saturated heterocycles. The molecule has 3 bridgehead atoms. The second-order valence-electron chi connectivity index (χ2n) is 5.58. The van der Waals surface area contributed by atoms with E-state index >= 15 is 0 Å². The summed E-state index contributed by atoms with van der Waals surface area (Å²) in [6.07, 6.45) is 9.12. The fourth-order valence-electron chi connectivity index (χ4n) is 4.56. The maximum absolute atomic E-state index is 5.92. The van der Waals surface area contributed by atoms with Crippen LogP contribution in [0.25, 0.3) is 0 Å². The molecule has 74 valence electrons. The molecule has 3 saturated carbocycles. The summed E-state index contributed by atoms with van der Waals surface area (Å²) >= 11 is 0. The summed E-state index contributed by atoms with van der Waals surface area (Å²) in [5, 5.41) is 0. The molecule has 3 fully saturated rings. The average Bonchev–Trinajstić information content (AvgIpc) is 2.35. The van der Waals surface area contributed by atoms with E-state index in [0.717, 1.165) is 36.1 Å². The van der Waals surface area contributed by atoms with Crippen LogP contribution >= 0.6 is 0 Å². The van der Waals surface area contributed by atoms with Crippen molar-refractivity contribution in [2.45, 2.75) is 38.5 Å². The molecule has 13 heavy (non-hydrogen) atoms. The Morgan fingerprint density at radius 2 is 1.54 bits per heavy atom. The van der Waals surface area contributed by atoms with Gasteiger partial charge in [-0.25, -0.2) is 0 Å². The molecule has 3 aliphatic carbocycles. The van der Waals surface area contributed by atoms with Crippen molar-refractivity contribution in [2.24, 2.45) is 35.3 Å².